The van der Waals surface area contributed by atoms with Gasteiger partial charge >= 0.3 is 0 Å². The summed E-state index contributed by atoms with van der Waals surface area (Å²) in [7, 11) is 0. The molecule has 0 unspecified atom stereocenters. The number of hydrogen-bond donors (Lipinski definition) is 1. The van der Waals surface area contributed by atoms with Gasteiger partial charge in [0.2, 0.25) is 5.91 Å². The van der Waals surface area contributed by atoms with Crippen LogP contribution in [-0.4, -0.2) is 18.2 Å². The van der Waals surface area contributed by atoms with Gasteiger partial charge in [0.15, 0.2) is 0 Å². The van der Waals surface area contributed by atoms with Crippen molar-refractivity contribution in [3.05, 3.63) is 28.2 Å². The van der Waals surface area contributed by atoms with Gasteiger partial charge in [-0.15, -0.1) is 0 Å². The van der Waals surface area contributed by atoms with E-state index in [1.807, 2.05) is 0 Å². The van der Waals surface area contributed by atoms with E-state index in [4.69, 9.17) is 27.9 Å². The Labute approximate surface area is 140 Å². The summed E-state index contributed by atoms with van der Waals surface area (Å²) in [5, 5.41) is 5.23. The molecule has 0 saturated heterocycles. The molecule has 1 amide bonds. The van der Waals surface area contributed by atoms with E-state index in [1.54, 1.807) is 18.2 Å². The molecule has 0 bridgehead atoms. The molecule has 1 aliphatic rings. The Hall–Kier alpha value is -1.26. The van der Waals surface area contributed by atoms with Crippen molar-refractivity contribution in [2.45, 2.75) is 44.9 Å². The first-order chi connectivity index (χ1) is 10.6. The second-order valence-corrected chi connectivity index (χ2v) is 6.14. The molecule has 0 atom stereocenters. The normalized spacial score (nSPS) is 14.5. The van der Waals surface area contributed by atoms with Gasteiger partial charge in [-0.2, -0.15) is 5.10 Å². The molecule has 1 N–H and O–H groups in total. The highest BCUT2D eigenvalue weighted by Gasteiger charge is 2.08. The summed E-state index contributed by atoms with van der Waals surface area (Å²) in [5.74, 6) is 0.498. The van der Waals surface area contributed by atoms with Crippen LogP contribution in [0.5, 0.6) is 5.75 Å². The molecule has 1 aromatic carbocycles. The predicted molar refractivity (Wildman–Crippen MR) is 89.9 cm³/mol. The molecule has 2 rings (SSSR count). The van der Waals surface area contributed by atoms with Crippen LogP contribution in [0.15, 0.2) is 23.3 Å². The molecule has 0 heterocycles. The average Bonchev–Trinajstić information content (AvgIpc) is 2.52. The van der Waals surface area contributed by atoms with Gasteiger partial charge in [0.25, 0.3) is 0 Å². The van der Waals surface area contributed by atoms with Gasteiger partial charge in [0.05, 0.1) is 11.6 Å². The SMILES string of the molecule is O=C(CCCOc1ccc(Cl)cc1Cl)NN=C1CCCCC1. The maximum absolute atomic E-state index is 11.7. The first-order valence-electron chi connectivity index (χ1n) is 7.57. The van der Waals surface area contributed by atoms with E-state index in [-0.39, 0.29) is 5.91 Å². The fourth-order valence-electron chi connectivity index (χ4n) is 2.28. The minimum absolute atomic E-state index is 0.0797. The van der Waals surface area contributed by atoms with E-state index >= 15 is 0 Å². The van der Waals surface area contributed by atoms with Gasteiger partial charge in [0, 0.05) is 17.2 Å². The lowest BCUT2D eigenvalue weighted by Gasteiger charge is -2.12. The molecular weight excluding hydrogens is 323 g/mol. The monoisotopic (exact) mass is 342 g/mol. The van der Waals surface area contributed by atoms with Crippen molar-refractivity contribution in [2.75, 3.05) is 6.61 Å². The van der Waals surface area contributed by atoms with Crippen LogP contribution in [-0.2, 0) is 4.79 Å². The molecular formula is C16H20Cl2N2O2. The van der Waals surface area contributed by atoms with E-state index in [2.05, 4.69) is 10.5 Å². The Morgan fingerprint density at radius 1 is 1.23 bits per heavy atom. The summed E-state index contributed by atoms with van der Waals surface area (Å²) in [6, 6.07) is 5.07. The molecule has 0 spiro atoms. The third-order valence-corrected chi connectivity index (χ3v) is 4.00. The average molecular weight is 343 g/mol. The zero-order chi connectivity index (χ0) is 15.8. The van der Waals surface area contributed by atoms with Crippen LogP contribution in [0.4, 0.5) is 0 Å². The molecule has 6 heteroatoms. The van der Waals surface area contributed by atoms with E-state index in [0.717, 1.165) is 18.6 Å². The first kappa shape index (κ1) is 17.1. The van der Waals surface area contributed by atoms with E-state index in [0.29, 0.717) is 35.2 Å². The number of ether oxygens (including phenoxy) is 1. The zero-order valence-corrected chi connectivity index (χ0v) is 13.9. The summed E-state index contributed by atoms with van der Waals surface area (Å²) in [5.41, 5.74) is 3.72. The van der Waals surface area contributed by atoms with E-state index in [9.17, 15) is 4.79 Å². The Bertz CT molecular complexity index is 539. The number of carbonyl (C=O) groups is 1. The van der Waals surface area contributed by atoms with Crippen molar-refractivity contribution in [1.82, 2.24) is 5.43 Å². The summed E-state index contributed by atoms with van der Waals surface area (Å²) >= 11 is 11.8. The first-order valence-corrected chi connectivity index (χ1v) is 8.33. The quantitative estimate of drug-likeness (QED) is 0.607. The number of benzene rings is 1. The van der Waals surface area contributed by atoms with Crippen molar-refractivity contribution in [3.8, 4) is 5.75 Å². The molecule has 1 saturated carbocycles. The minimum Gasteiger partial charge on any atom is -0.492 e. The van der Waals surface area contributed by atoms with Crippen LogP contribution >= 0.6 is 23.2 Å². The van der Waals surface area contributed by atoms with Crippen molar-refractivity contribution < 1.29 is 9.53 Å². The number of hydrogen-bond acceptors (Lipinski definition) is 3. The van der Waals surface area contributed by atoms with Gasteiger partial charge in [0.1, 0.15) is 5.75 Å². The molecule has 0 aromatic heterocycles. The van der Waals surface area contributed by atoms with Gasteiger partial charge < -0.3 is 4.74 Å². The molecule has 0 radical (unpaired) electrons. The zero-order valence-electron chi connectivity index (χ0n) is 12.4. The lowest BCUT2D eigenvalue weighted by Crippen LogP contribution is -2.20. The van der Waals surface area contributed by atoms with Gasteiger partial charge in [-0.25, -0.2) is 5.43 Å². The maximum Gasteiger partial charge on any atom is 0.240 e. The van der Waals surface area contributed by atoms with Gasteiger partial charge in [-0.3, -0.25) is 4.79 Å². The van der Waals surface area contributed by atoms with Crippen LogP contribution < -0.4 is 10.2 Å². The number of hydrazone groups is 1. The minimum atomic E-state index is -0.0797. The Morgan fingerprint density at radius 3 is 2.73 bits per heavy atom. The number of carbonyl (C=O) groups excluding carboxylic acids is 1. The topological polar surface area (TPSA) is 50.7 Å². The molecule has 1 aliphatic carbocycles. The predicted octanol–water partition coefficient (Wildman–Crippen LogP) is 4.59. The highest BCUT2D eigenvalue weighted by Crippen LogP contribution is 2.27. The van der Waals surface area contributed by atoms with Crippen LogP contribution in [0.2, 0.25) is 10.0 Å². The lowest BCUT2D eigenvalue weighted by molar-refractivity contribution is -0.121. The van der Waals surface area contributed by atoms with E-state index in [1.165, 1.54) is 19.3 Å². The highest BCUT2D eigenvalue weighted by molar-refractivity contribution is 6.35. The number of nitrogens with one attached hydrogen (secondary N) is 1. The highest BCUT2D eigenvalue weighted by atomic mass is 35.5. The Kier molecular flexibility index (Phi) is 7.00. The maximum atomic E-state index is 11.7. The summed E-state index contributed by atoms with van der Waals surface area (Å²) < 4.78 is 5.53. The second kappa shape index (κ2) is 9.01. The summed E-state index contributed by atoms with van der Waals surface area (Å²) in [6.45, 7) is 0.422. The van der Waals surface area contributed by atoms with Crippen LogP contribution in [0.25, 0.3) is 0 Å². The van der Waals surface area contributed by atoms with Crippen molar-refractivity contribution in [2.24, 2.45) is 5.10 Å². The van der Waals surface area contributed by atoms with Gasteiger partial charge in [-0.1, -0.05) is 29.6 Å². The molecule has 22 heavy (non-hydrogen) atoms. The van der Waals surface area contributed by atoms with Crippen LogP contribution in [0.3, 0.4) is 0 Å². The van der Waals surface area contributed by atoms with Crippen molar-refractivity contribution in [1.29, 1.82) is 0 Å². The standard InChI is InChI=1S/C16H20Cl2N2O2/c17-12-8-9-15(14(18)11-12)22-10-4-7-16(21)20-19-13-5-2-1-3-6-13/h8-9,11H,1-7,10H2,(H,20,21). The molecule has 120 valence electrons. The van der Waals surface area contributed by atoms with E-state index < -0.39 is 0 Å². The Balaban J connectivity index is 1.64. The number of rotatable bonds is 6. The molecule has 0 aliphatic heterocycles. The fraction of sp³-hybridized carbons (Fsp3) is 0.500. The smallest absolute Gasteiger partial charge is 0.240 e. The summed E-state index contributed by atoms with van der Waals surface area (Å²) in [6.07, 6.45) is 6.58. The van der Waals surface area contributed by atoms with Crippen LogP contribution in [0, 0.1) is 0 Å². The second-order valence-electron chi connectivity index (χ2n) is 5.30. The van der Waals surface area contributed by atoms with Crippen molar-refractivity contribution >= 4 is 34.8 Å². The fourth-order valence-corrected chi connectivity index (χ4v) is 2.74. The third kappa shape index (κ3) is 5.85. The third-order valence-electron chi connectivity index (χ3n) is 3.47. The van der Waals surface area contributed by atoms with Crippen molar-refractivity contribution in [3.63, 3.8) is 0 Å². The molecule has 1 fully saturated rings. The Morgan fingerprint density at radius 2 is 2.00 bits per heavy atom. The van der Waals surface area contributed by atoms with Crippen LogP contribution in [0.1, 0.15) is 44.9 Å². The number of nitrogens with zero attached hydrogens (tertiary/aromatic N) is 1. The molecule has 1 aromatic rings. The number of halogens is 2. The molecule has 4 nitrogen and oxygen atoms in total. The largest absolute Gasteiger partial charge is 0.492 e. The van der Waals surface area contributed by atoms with Gasteiger partial charge in [-0.05, 0) is 50.3 Å². The summed E-state index contributed by atoms with van der Waals surface area (Å²) in [4.78, 5) is 11.7. The lowest BCUT2D eigenvalue weighted by atomic mass is 9.99. The number of amides is 1.